The van der Waals surface area contributed by atoms with Gasteiger partial charge in [-0.1, -0.05) is 37.6 Å². The van der Waals surface area contributed by atoms with Gasteiger partial charge in [0.1, 0.15) is 5.75 Å². The number of anilines is 1. The van der Waals surface area contributed by atoms with Crippen molar-refractivity contribution >= 4 is 28.9 Å². The number of fused-ring (bicyclic) bond motifs is 4. The van der Waals surface area contributed by atoms with Gasteiger partial charge in [0.2, 0.25) is 0 Å². The van der Waals surface area contributed by atoms with Crippen LogP contribution in [0.2, 0.25) is 5.02 Å². The van der Waals surface area contributed by atoms with Gasteiger partial charge in [-0.25, -0.2) is 4.39 Å². The highest BCUT2D eigenvalue weighted by Gasteiger charge is 2.44. The summed E-state index contributed by atoms with van der Waals surface area (Å²) in [4.78, 5) is 0. The van der Waals surface area contributed by atoms with Crippen LogP contribution in [-0.2, 0) is 5.41 Å². The number of hydrogen-bond donors (Lipinski definition) is 1. The molecule has 1 heterocycles. The normalized spacial score (nSPS) is 20.0. The monoisotopic (exact) mass is 329 g/mol. The molecule has 0 saturated heterocycles. The first-order chi connectivity index (χ1) is 10.9. The zero-order valence-electron chi connectivity index (χ0n) is 13.2. The lowest BCUT2D eigenvalue weighted by Gasteiger charge is -2.38. The first-order valence-corrected chi connectivity index (χ1v) is 7.96. The van der Waals surface area contributed by atoms with Gasteiger partial charge in [0, 0.05) is 11.0 Å². The summed E-state index contributed by atoms with van der Waals surface area (Å²) in [6.07, 6.45) is 2.14. The largest absolute Gasteiger partial charge is 0.497 e. The molecule has 23 heavy (non-hydrogen) atoms. The fourth-order valence-corrected chi connectivity index (χ4v) is 3.87. The topological polar surface area (TPSA) is 21.3 Å². The average molecular weight is 330 g/mol. The molecule has 2 aromatic rings. The van der Waals surface area contributed by atoms with Gasteiger partial charge in [-0.3, -0.25) is 0 Å². The van der Waals surface area contributed by atoms with Gasteiger partial charge >= 0.3 is 0 Å². The maximum Gasteiger partial charge on any atom is 0.165 e. The lowest BCUT2D eigenvalue weighted by Crippen LogP contribution is -2.40. The molecule has 1 atom stereocenters. The van der Waals surface area contributed by atoms with E-state index < -0.39 is 0 Å². The van der Waals surface area contributed by atoms with Crippen LogP contribution in [0.4, 0.5) is 10.1 Å². The van der Waals surface area contributed by atoms with E-state index in [1.54, 1.807) is 13.2 Å². The number of benzene rings is 2. The number of ether oxygens (including phenoxy) is 1. The molecule has 4 heteroatoms. The SMILES string of the molecule is COc1ccc2c(c1)C(C)(C)C1Nc3c(ccc(Cl)c3F)C1=C2. The van der Waals surface area contributed by atoms with Crippen LogP contribution in [0.5, 0.6) is 5.75 Å². The van der Waals surface area contributed by atoms with E-state index in [1.165, 1.54) is 5.56 Å². The standard InChI is InChI=1S/C19H17ClFNO/c1-19(2)14-9-11(23-3)5-4-10(14)8-13-12-6-7-15(20)16(21)17(12)22-18(13)19/h4-9,18,22H,1-3H3. The lowest BCUT2D eigenvalue weighted by atomic mass is 9.69. The van der Waals surface area contributed by atoms with E-state index in [4.69, 9.17) is 16.3 Å². The maximum atomic E-state index is 14.4. The van der Waals surface area contributed by atoms with E-state index >= 15 is 0 Å². The summed E-state index contributed by atoms with van der Waals surface area (Å²) >= 11 is 5.94. The molecule has 0 spiro atoms. The first kappa shape index (κ1) is 14.6. The van der Waals surface area contributed by atoms with Gasteiger partial charge in [-0.2, -0.15) is 0 Å². The second kappa shape index (κ2) is 4.75. The number of rotatable bonds is 1. The average Bonchev–Trinajstić information content (AvgIpc) is 2.91. The van der Waals surface area contributed by atoms with E-state index in [-0.39, 0.29) is 22.3 Å². The Labute approximate surface area is 139 Å². The number of nitrogens with one attached hydrogen (secondary N) is 1. The number of halogens is 2. The van der Waals surface area contributed by atoms with Crippen LogP contribution in [0.3, 0.4) is 0 Å². The summed E-state index contributed by atoms with van der Waals surface area (Å²) in [5, 5.41) is 3.49. The summed E-state index contributed by atoms with van der Waals surface area (Å²) < 4.78 is 19.8. The molecular formula is C19H17ClFNO. The molecule has 0 aromatic heterocycles. The molecule has 2 aromatic carbocycles. The summed E-state index contributed by atoms with van der Waals surface area (Å²) in [7, 11) is 1.67. The second-order valence-electron chi connectivity index (χ2n) is 6.64. The minimum Gasteiger partial charge on any atom is -0.497 e. The molecule has 118 valence electrons. The Morgan fingerprint density at radius 1 is 1.22 bits per heavy atom. The van der Waals surface area contributed by atoms with Crippen LogP contribution in [0.25, 0.3) is 11.6 Å². The van der Waals surface area contributed by atoms with Crippen LogP contribution in [-0.4, -0.2) is 13.2 Å². The Hall–Kier alpha value is -2.00. The predicted octanol–water partition coefficient (Wildman–Crippen LogP) is 5.11. The van der Waals surface area contributed by atoms with E-state index in [9.17, 15) is 4.39 Å². The molecule has 0 saturated carbocycles. The third-order valence-electron chi connectivity index (χ3n) is 4.99. The second-order valence-corrected chi connectivity index (χ2v) is 7.04. The Kier molecular flexibility index (Phi) is 3.01. The van der Waals surface area contributed by atoms with Crippen molar-refractivity contribution in [2.45, 2.75) is 25.3 Å². The first-order valence-electron chi connectivity index (χ1n) is 7.58. The van der Waals surface area contributed by atoms with Gasteiger partial charge in [-0.05, 0) is 41.0 Å². The molecule has 0 fully saturated rings. The van der Waals surface area contributed by atoms with Crippen molar-refractivity contribution in [3.05, 3.63) is 57.9 Å². The zero-order chi connectivity index (χ0) is 16.4. The van der Waals surface area contributed by atoms with Crippen molar-refractivity contribution in [3.8, 4) is 5.75 Å². The summed E-state index contributed by atoms with van der Waals surface area (Å²) in [6.45, 7) is 4.34. The Balaban J connectivity index is 1.94. The van der Waals surface area contributed by atoms with Gasteiger partial charge in [0.15, 0.2) is 5.82 Å². The van der Waals surface area contributed by atoms with Crippen molar-refractivity contribution < 1.29 is 9.13 Å². The molecule has 1 aliphatic heterocycles. The predicted molar refractivity (Wildman–Crippen MR) is 92.7 cm³/mol. The lowest BCUT2D eigenvalue weighted by molar-refractivity contribution is 0.410. The van der Waals surface area contributed by atoms with Gasteiger partial charge in [0.05, 0.1) is 23.9 Å². The highest BCUT2D eigenvalue weighted by molar-refractivity contribution is 6.31. The highest BCUT2D eigenvalue weighted by Crippen LogP contribution is 2.51. The van der Waals surface area contributed by atoms with Crippen molar-refractivity contribution in [1.29, 1.82) is 0 Å². The van der Waals surface area contributed by atoms with E-state index in [1.807, 2.05) is 12.1 Å². The van der Waals surface area contributed by atoms with Crippen LogP contribution >= 0.6 is 11.6 Å². The van der Waals surface area contributed by atoms with Crippen LogP contribution in [0.1, 0.15) is 30.5 Å². The van der Waals surface area contributed by atoms with E-state index in [0.29, 0.717) is 5.69 Å². The van der Waals surface area contributed by atoms with Crippen molar-refractivity contribution in [1.82, 2.24) is 0 Å². The Morgan fingerprint density at radius 3 is 2.74 bits per heavy atom. The molecule has 1 aliphatic carbocycles. The van der Waals surface area contributed by atoms with Crippen molar-refractivity contribution in [2.75, 3.05) is 12.4 Å². The van der Waals surface area contributed by atoms with Gasteiger partial charge in [0.25, 0.3) is 0 Å². The van der Waals surface area contributed by atoms with E-state index in [0.717, 1.165) is 22.4 Å². The summed E-state index contributed by atoms with van der Waals surface area (Å²) in [5.41, 5.74) is 4.64. The maximum absolute atomic E-state index is 14.4. The molecule has 4 rings (SSSR count). The van der Waals surface area contributed by atoms with Crippen molar-refractivity contribution in [3.63, 3.8) is 0 Å². The molecule has 1 unspecified atom stereocenters. The molecule has 0 amide bonds. The smallest absolute Gasteiger partial charge is 0.165 e. The van der Waals surface area contributed by atoms with Crippen LogP contribution in [0, 0.1) is 5.82 Å². The van der Waals surface area contributed by atoms with Gasteiger partial charge < -0.3 is 10.1 Å². The molecular weight excluding hydrogens is 313 g/mol. The molecule has 1 N–H and O–H groups in total. The van der Waals surface area contributed by atoms with E-state index in [2.05, 4.69) is 37.4 Å². The molecule has 2 aliphatic rings. The molecule has 2 nitrogen and oxygen atoms in total. The minimum atomic E-state index is -0.378. The fraction of sp³-hybridized carbons (Fsp3) is 0.263. The summed E-state index contributed by atoms with van der Waals surface area (Å²) in [6, 6.07) is 9.60. The number of hydrogen-bond acceptors (Lipinski definition) is 2. The van der Waals surface area contributed by atoms with Crippen LogP contribution in [0.15, 0.2) is 30.3 Å². The molecule has 0 bridgehead atoms. The van der Waals surface area contributed by atoms with Crippen LogP contribution < -0.4 is 10.1 Å². The third-order valence-corrected chi connectivity index (χ3v) is 5.28. The van der Waals surface area contributed by atoms with Gasteiger partial charge in [-0.15, -0.1) is 0 Å². The Bertz CT molecular complexity index is 857. The third kappa shape index (κ3) is 1.93. The highest BCUT2D eigenvalue weighted by atomic mass is 35.5. The zero-order valence-corrected chi connectivity index (χ0v) is 14.0. The molecule has 0 radical (unpaired) electrons. The minimum absolute atomic E-state index is 0.00470. The quantitative estimate of drug-likeness (QED) is 0.784. The fourth-order valence-electron chi connectivity index (χ4n) is 3.71. The van der Waals surface area contributed by atoms with Crippen molar-refractivity contribution in [2.24, 2.45) is 0 Å². The summed E-state index contributed by atoms with van der Waals surface area (Å²) in [5.74, 6) is 0.454. The Morgan fingerprint density at radius 2 is 2.00 bits per heavy atom. The number of methoxy groups -OCH3 is 1.